The first-order valence-corrected chi connectivity index (χ1v) is 9.96. The third kappa shape index (κ3) is 7.31. The molecule has 1 aromatic rings. The number of rotatable bonds is 8. The molecule has 2 rings (SSSR count). The van der Waals surface area contributed by atoms with Crippen molar-refractivity contribution in [1.82, 2.24) is 10.2 Å². The summed E-state index contributed by atoms with van der Waals surface area (Å²) >= 11 is 0. The summed E-state index contributed by atoms with van der Waals surface area (Å²) in [6, 6.07) is 7.11. The minimum Gasteiger partial charge on any atom is -0.356 e. The Bertz CT molecular complexity index is 682. The van der Waals surface area contributed by atoms with Gasteiger partial charge in [-0.05, 0) is 70.9 Å². The normalized spacial score (nSPS) is 19.1. The van der Waals surface area contributed by atoms with Crippen LogP contribution in [-0.2, 0) is 14.4 Å². The van der Waals surface area contributed by atoms with E-state index in [9.17, 15) is 14.4 Å². The van der Waals surface area contributed by atoms with Gasteiger partial charge in [0.2, 0.25) is 17.7 Å². The molecule has 7 nitrogen and oxygen atoms in total. The highest BCUT2D eigenvalue weighted by Crippen LogP contribution is 2.30. The van der Waals surface area contributed by atoms with Crippen LogP contribution in [-0.4, -0.2) is 49.8 Å². The fraction of sp³-hybridized carbons (Fsp3) is 0.571. The average Bonchev–Trinajstić information content (AvgIpc) is 2.64. The molecule has 7 heteroatoms. The van der Waals surface area contributed by atoms with Crippen LogP contribution in [0, 0.1) is 11.8 Å². The molecule has 0 aliphatic heterocycles. The van der Waals surface area contributed by atoms with Crippen molar-refractivity contribution in [3.05, 3.63) is 24.3 Å². The summed E-state index contributed by atoms with van der Waals surface area (Å²) in [6.07, 6.45) is 3.85. The number of hydrogen-bond donors (Lipinski definition) is 3. The van der Waals surface area contributed by atoms with E-state index in [2.05, 4.69) is 20.9 Å². The van der Waals surface area contributed by atoms with Gasteiger partial charge in [-0.15, -0.1) is 0 Å². The van der Waals surface area contributed by atoms with Crippen LogP contribution in [0.3, 0.4) is 0 Å². The summed E-state index contributed by atoms with van der Waals surface area (Å²) in [6.45, 7) is 3.10. The van der Waals surface area contributed by atoms with Gasteiger partial charge < -0.3 is 20.9 Å². The summed E-state index contributed by atoms with van der Waals surface area (Å²) in [7, 11) is 4.04. The van der Waals surface area contributed by atoms with Crippen LogP contribution in [0.25, 0.3) is 0 Å². The Kier molecular flexibility index (Phi) is 8.44. The second-order valence-electron chi connectivity index (χ2n) is 7.75. The van der Waals surface area contributed by atoms with Crippen LogP contribution in [0.4, 0.5) is 11.4 Å². The van der Waals surface area contributed by atoms with Crippen molar-refractivity contribution in [1.29, 1.82) is 0 Å². The van der Waals surface area contributed by atoms with Crippen LogP contribution in [0.1, 0.15) is 39.0 Å². The number of nitrogens with zero attached hydrogens (tertiary/aromatic N) is 1. The van der Waals surface area contributed by atoms with Crippen molar-refractivity contribution in [3.8, 4) is 0 Å². The molecule has 0 spiro atoms. The van der Waals surface area contributed by atoms with Crippen molar-refractivity contribution in [2.24, 2.45) is 11.8 Å². The molecule has 1 aromatic carbocycles. The molecule has 154 valence electrons. The Morgan fingerprint density at radius 3 is 2.11 bits per heavy atom. The third-order valence-electron chi connectivity index (χ3n) is 5.00. The van der Waals surface area contributed by atoms with Gasteiger partial charge in [-0.1, -0.05) is 6.07 Å². The van der Waals surface area contributed by atoms with Crippen LogP contribution >= 0.6 is 0 Å². The first-order chi connectivity index (χ1) is 13.3. The van der Waals surface area contributed by atoms with E-state index in [4.69, 9.17) is 0 Å². The van der Waals surface area contributed by atoms with E-state index < -0.39 is 0 Å². The van der Waals surface area contributed by atoms with Crippen molar-refractivity contribution >= 4 is 29.1 Å². The van der Waals surface area contributed by atoms with Gasteiger partial charge in [0, 0.05) is 36.7 Å². The van der Waals surface area contributed by atoms with Gasteiger partial charge >= 0.3 is 0 Å². The van der Waals surface area contributed by atoms with Crippen molar-refractivity contribution in [2.75, 3.05) is 37.8 Å². The SMILES string of the molecule is CC(=O)Nc1cccc(NC(=O)C2CCC(C(=O)NCCCN(C)C)CC2)c1. The van der Waals surface area contributed by atoms with Crippen LogP contribution < -0.4 is 16.0 Å². The van der Waals surface area contributed by atoms with E-state index in [0.717, 1.165) is 25.8 Å². The molecule has 0 radical (unpaired) electrons. The quantitative estimate of drug-likeness (QED) is 0.597. The highest BCUT2D eigenvalue weighted by Gasteiger charge is 2.29. The van der Waals surface area contributed by atoms with Gasteiger partial charge in [0.05, 0.1) is 0 Å². The standard InChI is InChI=1S/C21H32N4O3/c1-15(26)23-18-6-4-7-19(14-18)24-21(28)17-10-8-16(9-11-17)20(27)22-12-5-13-25(2)3/h4,6-7,14,16-17H,5,8-13H2,1-3H3,(H,22,27)(H,23,26)(H,24,28). The zero-order chi connectivity index (χ0) is 20.5. The lowest BCUT2D eigenvalue weighted by molar-refractivity contribution is -0.128. The molecule has 1 fully saturated rings. The summed E-state index contributed by atoms with van der Waals surface area (Å²) in [5.41, 5.74) is 1.32. The van der Waals surface area contributed by atoms with Gasteiger partial charge in [-0.2, -0.15) is 0 Å². The van der Waals surface area contributed by atoms with Gasteiger partial charge in [0.1, 0.15) is 0 Å². The van der Waals surface area contributed by atoms with Crippen LogP contribution in [0.15, 0.2) is 24.3 Å². The average molecular weight is 389 g/mol. The Morgan fingerprint density at radius 2 is 1.54 bits per heavy atom. The number of amides is 3. The van der Waals surface area contributed by atoms with E-state index in [-0.39, 0.29) is 29.6 Å². The molecule has 3 N–H and O–H groups in total. The van der Waals surface area contributed by atoms with Gasteiger partial charge in [0.25, 0.3) is 0 Å². The Balaban J connectivity index is 1.76. The minimum absolute atomic E-state index is 0.00602. The highest BCUT2D eigenvalue weighted by molar-refractivity contribution is 5.94. The smallest absolute Gasteiger partial charge is 0.227 e. The molecule has 0 saturated heterocycles. The van der Waals surface area contributed by atoms with E-state index in [1.807, 2.05) is 14.1 Å². The molecule has 1 aliphatic carbocycles. The fourth-order valence-corrected chi connectivity index (χ4v) is 3.49. The Labute approximate surface area is 167 Å². The first kappa shape index (κ1) is 21.9. The zero-order valence-corrected chi connectivity index (χ0v) is 17.1. The number of carbonyl (C=O) groups is 3. The second-order valence-corrected chi connectivity index (χ2v) is 7.75. The Morgan fingerprint density at radius 1 is 0.964 bits per heavy atom. The number of anilines is 2. The maximum atomic E-state index is 12.5. The largest absolute Gasteiger partial charge is 0.356 e. The van der Waals surface area contributed by atoms with Gasteiger partial charge in [-0.25, -0.2) is 0 Å². The molecule has 0 unspecified atom stereocenters. The molecule has 0 heterocycles. The van der Waals surface area contributed by atoms with Crippen LogP contribution in [0.2, 0.25) is 0 Å². The molecule has 0 aromatic heterocycles. The number of hydrogen-bond acceptors (Lipinski definition) is 4. The second kappa shape index (κ2) is 10.8. The summed E-state index contributed by atoms with van der Waals surface area (Å²) in [4.78, 5) is 38.1. The highest BCUT2D eigenvalue weighted by atomic mass is 16.2. The fourth-order valence-electron chi connectivity index (χ4n) is 3.49. The van der Waals surface area contributed by atoms with Crippen molar-refractivity contribution < 1.29 is 14.4 Å². The lowest BCUT2D eigenvalue weighted by atomic mass is 9.81. The number of carbonyl (C=O) groups excluding carboxylic acids is 3. The maximum absolute atomic E-state index is 12.5. The van der Waals surface area contributed by atoms with E-state index in [0.29, 0.717) is 30.8 Å². The molecule has 1 aliphatic rings. The topological polar surface area (TPSA) is 90.5 Å². The lowest BCUT2D eigenvalue weighted by Crippen LogP contribution is -2.36. The molecular formula is C21H32N4O3. The van der Waals surface area contributed by atoms with Gasteiger partial charge in [-0.3, -0.25) is 14.4 Å². The predicted octanol–water partition coefficient (Wildman–Crippen LogP) is 2.46. The van der Waals surface area contributed by atoms with Crippen molar-refractivity contribution in [3.63, 3.8) is 0 Å². The summed E-state index contributed by atoms with van der Waals surface area (Å²) in [5, 5.41) is 8.65. The molecule has 0 atom stereocenters. The molecule has 3 amide bonds. The summed E-state index contributed by atoms with van der Waals surface area (Å²) < 4.78 is 0. The molecule has 0 bridgehead atoms. The minimum atomic E-state index is -0.151. The van der Waals surface area contributed by atoms with E-state index >= 15 is 0 Å². The van der Waals surface area contributed by atoms with E-state index in [1.54, 1.807) is 24.3 Å². The molecule has 28 heavy (non-hydrogen) atoms. The number of benzene rings is 1. The molecule has 1 saturated carbocycles. The maximum Gasteiger partial charge on any atom is 0.227 e. The van der Waals surface area contributed by atoms with E-state index in [1.165, 1.54) is 6.92 Å². The number of nitrogens with one attached hydrogen (secondary N) is 3. The Hall–Kier alpha value is -2.41. The lowest BCUT2D eigenvalue weighted by Gasteiger charge is -2.27. The van der Waals surface area contributed by atoms with Crippen molar-refractivity contribution in [2.45, 2.75) is 39.0 Å². The first-order valence-electron chi connectivity index (χ1n) is 9.96. The predicted molar refractivity (Wildman–Crippen MR) is 111 cm³/mol. The summed E-state index contributed by atoms with van der Waals surface area (Å²) in [5.74, 6) is -0.138. The zero-order valence-electron chi connectivity index (χ0n) is 17.1. The molecular weight excluding hydrogens is 356 g/mol. The van der Waals surface area contributed by atoms with Gasteiger partial charge in [0.15, 0.2) is 0 Å². The monoisotopic (exact) mass is 388 g/mol. The third-order valence-corrected chi connectivity index (χ3v) is 5.00. The van der Waals surface area contributed by atoms with Crippen LogP contribution in [0.5, 0.6) is 0 Å².